The van der Waals surface area contributed by atoms with Gasteiger partial charge in [0.25, 0.3) is 5.69 Å². The number of methoxy groups -OCH3 is 2. The van der Waals surface area contributed by atoms with Crippen molar-refractivity contribution in [2.45, 2.75) is 0 Å². The van der Waals surface area contributed by atoms with E-state index in [1.165, 1.54) is 26.4 Å². The smallest absolute Gasteiger partial charge is 0.270 e. The normalized spacial score (nSPS) is 10.8. The Kier molecular flexibility index (Phi) is 5.55. The van der Waals surface area contributed by atoms with Crippen LogP contribution in [0, 0.1) is 21.4 Å². The molecule has 0 aliphatic carbocycles. The molecule has 2 aromatic rings. The average Bonchev–Trinajstić information content (AvgIpc) is 2.59. The molecule has 0 amide bonds. The number of nitro groups is 1. The Balaban J connectivity index is 2.52. The third-order valence-corrected chi connectivity index (χ3v) is 3.84. The minimum absolute atomic E-state index is 0.0675. The van der Waals surface area contributed by atoms with Gasteiger partial charge in [0.1, 0.15) is 0 Å². The second kappa shape index (κ2) is 7.62. The summed E-state index contributed by atoms with van der Waals surface area (Å²) in [6, 6.07) is 11.5. The molecule has 0 atom stereocenters. The van der Waals surface area contributed by atoms with Gasteiger partial charge in [-0.25, -0.2) is 0 Å². The molecular formula is C17H13BrN2O4. The highest BCUT2D eigenvalue weighted by atomic mass is 79.9. The van der Waals surface area contributed by atoms with Crippen LogP contribution in [0.2, 0.25) is 0 Å². The predicted molar refractivity (Wildman–Crippen MR) is 93.8 cm³/mol. The molecular weight excluding hydrogens is 376 g/mol. The van der Waals surface area contributed by atoms with Gasteiger partial charge in [0.05, 0.1) is 35.3 Å². The van der Waals surface area contributed by atoms with Crippen LogP contribution in [0.5, 0.6) is 11.5 Å². The van der Waals surface area contributed by atoms with Gasteiger partial charge < -0.3 is 9.47 Å². The number of rotatable bonds is 5. The molecule has 7 heteroatoms. The molecule has 0 bridgehead atoms. The lowest BCUT2D eigenvalue weighted by molar-refractivity contribution is -0.384. The number of nitrogens with zero attached hydrogens (tertiary/aromatic N) is 2. The minimum atomic E-state index is -0.495. The number of allylic oxidation sites excluding steroid dienone is 1. The van der Waals surface area contributed by atoms with Gasteiger partial charge >= 0.3 is 0 Å². The number of nitro benzene ring substituents is 1. The second-order valence-corrected chi connectivity index (χ2v) is 5.57. The molecule has 0 saturated heterocycles. The molecule has 0 aliphatic rings. The summed E-state index contributed by atoms with van der Waals surface area (Å²) in [5, 5.41) is 20.3. The van der Waals surface area contributed by atoms with Gasteiger partial charge in [-0.2, -0.15) is 5.26 Å². The van der Waals surface area contributed by atoms with Gasteiger partial charge in [-0.05, 0) is 45.3 Å². The molecule has 0 unspecified atom stereocenters. The lowest BCUT2D eigenvalue weighted by Gasteiger charge is -2.10. The Hall–Kier alpha value is -2.85. The van der Waals surface area contributed by atoms with Crippen LogP contribution in [0.3, 0.4) is 0 Å². The summed E-state index contributed by atoms with van der Waals surface area (Å²) >= 11 is 3.39. The fraction of sp³-hybridized carbons (Fsp3) is 0.118. The van der Waals surface area contributed by atoms with E-state index >= 15 is 0 Å². The molecule has 24 heavy (non-hydrogen) atoms. The molecule has 122 valence electrons. The van der Waals surface area contributed by atoms with Crippen LogP contribution >= 0.6 is 15.9 Å². The van der Waals surface area contributed by atoms with Crippen molar-refractivity contribution in [3.63, 3.8) is 0 Å². The highest BCUT2D eigenvalue weighted by Crippen LogP contribution is 2.37. The molecule has 2 aromatic carbocycles. The molecule has 6 nitrogen and oxygen atoms in total. The quantitative estimate of drug-likeness (QED) is 0.327. The molecule has 0 heterocycles. The maximum absolute atomic E-state index is 10.9. The van der Waals surface area contributed by atoms with Gasteiger partial charge in [-0.3, -0.25) is 10.1 Å². The van der Waals surface area contributed by atoms with Crippen molar-refractivity contribution in [1.29, 1.82) is 5.26 Å². The standard InChI is InChI=1S/C17H13BrN2O4/c1-23-16-8-11(7-15(18)17(16)24-2)6-13(10-19)12-4-3-5-14(9-12)20(21)22/h3-9H,1-2H3. The first-order valence-electron chi connectivity index (χ1n) is 6.78. The van der Waals surface area contributed by atoms with E-state index in [0.29, 0.717) is 32.7 Å². The summed E-state index contributed by atoms with van der Waals surface area (Å²) in [6.07, 6.45) is 1.63. The summed E-state index contributed by atoms with van der Waals surface area (Å²) in [7, 11) is 3.05. The third-order valence-electron chi connectivity index (χ3n) is 3.26. The largest absolute Gasteiger partial charge is 0.493 e. The zero-order valence-electron chi connectivity index (χ0n) is 12.9. The fourth-order valence-corrected chi connectivity index (χ4v) is 2.78. The van der Waals surface area contributed by atoms with E-state index in [0.717, 1.165) is 0 Å². The van der Waals surface area contributed by atoms with E-state index < -0.39 is 4.92 Å². The van der Waals surface area contributed by atoms with Crippen LogP contribution in [-0.2, 0) is 0 Å². The van der Waals surface area contributed by atoms with Crippen LogP contribution in [-0.4, -0.2) is 19.1 Å². The van der Waals surface area contributed by atoms with Crippen molar-refractivity contribution in [3.8, 4) is 17.6 Å². The SMILES string of the molecule is COc1cc(C=C(C#N)c2cccc([N+](=O)[O-])c2)cc(Br)c1OC. The van der Waals surface area contributed by atoms with E-state index in [1.807, 2.05) is 0 Å². The van der Waals surface area contributed by atoms with Gasteiger partial charge in [-0.15, -0.1) is 0 Å². The Morgan fingerprint density at radius 3 is 2.62 bits per heavy atom. The summed E-state index contributed by atoms with van der Waals surface area (Å²) in [4.78, 5) is 10.4. The topological polar surface area (TPSA) is 85.4 Å². The molecule has 0 aliphatic heterocycles. The Morgan fingerprint density at radius 1 is 1.29 bits per heavy atom. The minimum Gasteiger partial charge on any atom is -0.493 e. The molecule has 0 N–H and O–H groups in total. The van der Waals surface area contributed by atoms with E-state index in [4.69, 9.17) is 9.47 Å². The maximum atomic E-state index is 10.9. The average molecular weight is 389 g/mol. The monoisotopic (exact) mass is 388 g/mol. The van der Waals surface area contributed by atoms with Crippen molar-refractivity contribution in [2.24, 2.45) is 0 Å². The fourth-order valence-electron chi connectivity index (χ4n) is 2.16. The summed E-state index contributed by atoms with van der Waals surface area (Å²) < 4.78 is 11.2. The van der Waals surface area contributed by atoms with E-state index in [-0.39, 0.29) is 5.69 Å². The number of non-ortho nitro benzene ring substituents is 1. The van der Waals surface area contributed by atoms with E-state index in [9.17, 15) is 15.4 Å². The van der Waals surface area contributed by atoms with Crippen LogP contribution in [0.25, 0.3) is 11.6 Å². The molecule has 0 fully saturated rings. The third kappa shape index (κ3) is 3.73. The number of halogens is 1. The van der Waals surface area contributed by atoms with Crippen molar-refractivity contribution < 1.29 is 14.4 Å². The van der Waals surface area contributed by atoms with Gasteiger partial charge in [-0.1, -0.05) is 12.1 Å². The molecule has 0 spiro atoms. The lowest BCUT2D eigenvalue weighted by Crippen LogP contribution is -1.93. The van der Waals surface area contributed by atoms with Crippen LogP contribution in [0.4, 0.5) is 5.69 Å². The Bertz CT molecular complexity index is 856. The van der Waals surface area contributed by atoms with Gasteiger partial charge in [0.15, 0.2) is 11.5 Å². The van der Waals surface area contributed by atoms with Crippen LogP contribution < -0.4 is 9.47 Å². The molecule has 2 rings (SSSR count). The van der Waals surface area contributed by atoms with Crippen LogP contribution in [0.15, 0.2) is 40.9 Å². The first kappa shape index (κ1) is 17.5. The summed E-state index contributed by atoms with van der Waals surface area (Å²) in [6.45, 7) is 0. The highest BCUT2D eigenvalue weighted by molar-refractivity contribution is 9.10. The van der Waals surface area contributed by atoms with Gasteiger partial charge in [0.2, 0.25) is 0 Å². The Morgan fingerprint density at radius 2 is 2.04 bits per heavy atom. The Labute approximate surface area is 147 Å². The van der Waals surface area contributed by atoms with Crippen molar-refractivity contribution in [1.82, 2.24) is 0 Å². The summed E-state index contributed by atoms with van der Waals surface area (Å²) in [5.74, 6) is 1.05. The lowest BCUT2D eigenvalue weighted by atomic mass is 10.0. The van der Waals surface area contributed by atoms with E-state index in [1.54, 1.807) is 30.3 Å². The second-order valence-electron chi connectivity index (χ2n) is 4.72. The van der Waals surface area contributed by atoms with Crippen molar-refractivity contribution in [3.05, 3.63) is 62.1 Å². The zero-order chi connectivity index (χ0) is 17.7. The number of ether oxygens (including phenoxy) is 2. The first-order valence-corrected chi connectivity index (χ1v) is 7.57. The predicted octanol–water partition coefficient (Wildman–Crippen LogP) is 4.44. The number of hydrogen-bond acceptors (Lipinski definition) is 5. The molecule has 0 saturated carbocycles. The highest BCUT2D eigenvalue weighted by Gasteiger charge is 2.12. The molecule has 0 radical (unpaired) electrons. The number of hydrogen-bond donors (Lipinski definition) is 0. The first-order chi connectivity index (χ1) is 11.5. The number of benzene rings is 2. The zero-order valence-corrected chi connectivity index (χ0v) is 14.5. The van der Waals surface area contributed by atoms with Crippen LogP contribution in [0.1, 0.15) is 11.1 Å². The summed E-state index contributed by atoms with van der Waals surface area (Å²) in [5.41, 5.74) is 1.40. The van der Waals surface area contributed by atoms with E-state index in [2.05, 4.69) is 22.0 Å². The molecule has 0 aromatic heterocycles. The maximum Gasteiger partial charge on any atom is 0.270 e. The van der Waals surface area contributed by atoms with Gasteiger partial charge in [0, 0.05) is 12.1 Å². The number of nitriles is 1. The van der Waals surface area contributed by atoms with Crippen molar-refractivity contribution >= 4 is 33.3 Å². The van der Waals surface area contributed by atoms with Crippen molar-refractivity contribution in [2.75, 3.05) is 14.2 Å².